The third-order valence-electron chi connectivity index (χ3n) is 4.54. The van der Waals surface area contributed by atoms with E-state index < -0.39 is 0 Å². The first-order chi connectivity index (χ1) is 13.4. The highest BCUT2D eigenvalue weighted by atomic mass is 16.5. The molecule has 0 saturated heterocycles. The second-order valence-corrected chi connectivity index (χ2v) is 7.29. The maximum atomic E-state index is 12.6. The molecule has 28 heavy (non-hydrogen) atoms. The Labute approximate surface area is 168 Å². The second-order valence-electron chi connectivity index (χ2n) is 7.29. The van der Waals surface area contributed by atoms with E-state index in [-0.39, 0.29) is 5.91 Å². The van der Waals surface area contributed by atoms with Gasteiger partial charge in [0.05, 0.1) is 13.7 Å². The summed E-state index contributed by atoms with van der Waals surface area (Å²) in [6.45, 7) is 11.0. The third kappa shape index (κ3) is 5.38. The molecule has 0 aliphatic rings. The number of para-hydroxylation sites is 1. The normalized spacial score (nSPS) is 11.3. The Bertz CT molecular complexity index is 811. The lowest BCUT2D eigenvalue weighted by molar-refractivity contribution is -0.111. The van der Waals surface area contributed by atoms with Gasteiger partial charge in [0.25, 0.3) is 0 Å². The van der Waals surface area contributed by atoms with E-state index in [1.54, 1.807) is 19.3 Å². The van der Waals surface area contributed by atoms with Crippen LogP contribution in [0.4, 0.5) is 5.69 Å². The Morgan fingerprint density at radius 2 is 1.68 bits per heavy atom. The van der Waals surface area contributed by atoms with Crippen molar-refractivity contribution in [2.45, 2.75) is 46.5 Å². The van der Waals surface area contributed by atoms with Gasteiger partial charge < -0.3 is 14.8 Å². The summed E-state index contributed by atoms with van der Waals surface area (Å²) in [7, 11) is 1.61. The lowest BCUT2D eigenvalue weighted by Gasteiger charge is -2.19. The molecule has 2 aromatic rings. The third-order valence-corrected chi connectivity index (χ3v) is 4.54. The van der Waals surface area contributed by atoms with Crippen molar-refractivity contribution in [2.24, 2.45) is 0 Å². The minimum absolute atomic E-state index is 0.149. The number of carbonyl (C=O) groups is 1. The highest BCUT2D eigenvalue weighted by Gasteiger charge is 2.15. The van der Waals surface area contributed by atoms with E-state index in [0.29, 0.717) is 29.9 Å². The van der Waals surface area contributed by atoms with Gasteiger partial charge in [-0.25, -0.2) is 0 Å². The molecule has 1 amide bonds. The summed E-state index contributed by atoms with van der Waals surface area (Å²) in [6.07, 6.45) is 3.34. The summed E-state index contributed by atoms with van der Waals surface area (Å²) in [4.78, 5) is 12.6. The van der Waals surface area contributed by atoms with E-state index >= 15 is 0 Å². The number of benzene rings is 2. The molecule has 0 spiro atoms. The van der Waals surface area contributed by atoms with Gasteiger partial charge in [-0.3, -0.25) is 4.79 Å². The van der Waals surface area contributed by atoms with Crippen LogP contribution in [0.15, 0.2) is 42.5 Å². The summed E-state index contributed by atoms with van der Waals surface area (Å²) >= 11 is 0. The van der Waals surface area contributed by atoms with Crippen LogP contribution in [0.5, 0.6) is 11.5 Å². The predicted octanol–water partition coefficient (Wildman–Crippen LogP) is 5.99. The number of rotatable bonds is 8. The predicted molar refractivity (Wildman–Crippen MR) is 116 cm³/mol. The first-order valence-electron chi connectivity index (χ1n) is 9.80. The summed E-state index contributed by atoms with van der Waals surface area (Å²) < 4.78 is 10.9. The van der Waals surface area contributed by atoms with E-state index in [0.717, 1.165) is 22.4 Å². The van der Waals surface area contributed by atoms with Crippen molar-refractivity contribution in [1.82, 2.24) is 0 Å². The molecule has 2 aromatic carbocycles. The van der Waals surface area contributed by atoms with E-state index in [4.69, 9.17) is 9.47 Å². The maximum absolute atomic E-state index is 12.6. The number of carbonyl (C=O) groups excluding carboxylic acids is 1. The summed E-state index contributed by atoms with van der Waals surface area (Å²) in [5, 5.41) is 3.09. The number of ether oxygens (including phenoxy) is 2. The Balaban J connectivity index is 2.24. The molecule has 2 rings (SSSR count). The summed E-state index contributed by atoms with van der Waals surface area (Å²) in [5.74, 6) is 1.85. The van der Waals surface area contributed by atoms with Gasteiger partial charge in [0.1, 0.15) is 0 Å². The van der Waals surface area contributed by atoms with Crippen LogP contribution in [0.2, 0.25) is 0 Å². The molecule has 0 bridgehead atoms. The highest BCUT2D eigenvalue weighted by molar-refractivity contribution is 6.03. The standard InChI is InChI=1S/C24H31NO3/c1-7-28-22-15-18(11-13-21(22)27-6)12-14-23(26)25-24-19(16(2)3)9-8-10-20(24)17(4)5/h8-17H,7H2,1-6H3,(H,25,26)/b14-12+. The van der Waals surface area contributed by atoms with Crippen molar-refractivity contribution in [3.63, 3.8) is 0 Å². The molecule has 0 heterocycles. The number of nitrogens with one attached hydrogen (secondary N) is 1. The Morgan fingerprint density at radius 3 is 2.21 bits per heavy atom. The topological polar surface area (TPSA) is 47.6 Å². The van der Waals surface area contributed by atoms with Gasteiger partial charge in [0.2, 0.25) is 5.91 Å². The van der Waals surface area contributed by atoms with Crippen molar-refractivity contribution >= 4 is 17.7 Å². The largest absolute Gasteiger partial charge is 0.493 e. The van der Waals surface area contributed by atoms with Gasteiger partial charge in [-0.05, 0) is 53.7 Å². The lowest BCUT2D eigenvalue weighted by Crippen LogP contribution is -2.13. The minimum Gasteiger partial charge on any atom is -0.493 e. The van der Waals surface area contributed by atoms with Gasteiger partial charge in [0, 0.05) is 11.8 Å². The SMILES string of the molecule is CCOc1cc(/C=C/C(=O)Nc2c(C(C)C)cccc2C(C)C)ccc1OC. The van der Waals surface area contributed by atoms with Gasteiger partial charge in [-0.15, -0.1) is 0 Å². The van der Waals surface area contributed by atoms with Crippen LogP contribution in [0, 0.1) is 0 Å². The average Bonchev–Trinajstić information content (AvgIpc) is 2.66. The Morgan fingerprint density at radius 1 is 1.04 bits per heavy atom. The Kier molecular flexibility index (Phi) is 7.68. The monoisotopic (exact) mass is 381 g/mol. The molecule has 0 radical (unpaired) electrons. The molecule has 0 aliphatic carbocycles. The van der Waals surface area contributed by atoms with Gasteiger partial charge >= 0.3 is 0 Å². The molecule has 0 aliphatic heterocycles. The van der Waals surface area contributed by atoms with Crippen molar-refractivity contribution in [2.75, 3.05) is 19.0 Å². The number of methoxy groups -OCH3 is 1. The molecule has 1 N–H and O–H groups in total. The molecule has 150 valence electrons. The Hall–Kier alpha value is -2.75. The lowest BCUT2D eigenvalue weighted by atomic mass is 9.92. The smallest absolute Gasteiger partial charge is 0.248 e. The number of anilines is 1. The zero-order chi connectivity index (χ0) is 20.7. The number of hydrogen-bond acceptors (Lipinski definition) is 3. The van der Waals surface area contributed by atoms with E-state index in [2.05, 4.69) is 51.2 Å². The molecule has 0 saturated carbocycles. The average molecular weight is 382 g/mol. The fourth-order valence-electron chi connectivity index (χ4n) is 3.10. The van der Waals surface area contributed by atoms with Crippen molar-refractivity contribution in [3.8, 4) is 11.5 Å². The van der Waals surface area contributed by atoms with Crippen LogP contribution in [0.1, 0.15) is 63.1 Å². The molecular weight excluding hydrogens is 350 g/mol. The van der Waals surface area contributed by atoms with E-state index in [1.807, 2.05) is 25.1 Å². The number of amides is 1. The molecular formula is C24H31NO3. The first-order valence-corrected chi connectivity index (χ1v) is 9.80. The van der Waals surface area contributed by atoms with Crippen molar-refractivity contribution in [3.05, 3.63) is 59.2 Å². The van der Waals surface area contributed by atoms with Crippen LogP contribution >= 0.6 is 0 Å². The van der Waals surface area contributed by atoms with E-state index in [9.17, 15) is 4.79 Å². The fraction of sp³-hybridized carbons (Fsp3) is 0.375. The molecule has 4 heteroatoms. The van der Waals surface area contributed by atoms with E-state index in [1.165, 1.54) is 0 Å². The van der Waals surface area contributed by atoms with Gasteiger partial charge in [-0.2, -0.15) is 0 Å². The quantitative estimate of drug-likeness (QED) is 0.571. The maximum Gasteiger partial charge on any atom is 0.248 e. The van der Waals surface area contributed by atoms with Gasteiger partial charge in [-0.1, -0.05) is 52.0 Å². The minimum atomic E-state index is -0.149. The van der Waals surface area contributed by atoms with Crippen LogP contribution < -0.4 is 14.8 Å². The second kappa shape index (κ2) is 9.98. The molecule has 4 nitrogen and oxygen atoms in total. The number of hydrogen-bond donors (Lipinski definition) is 1. The van der Waals surface area contributed by atoms with Crippen LogP contribution in [0.25, 0.3) is 6.08 Å². The summed E-state index contributed by atoms with van der Waals surface area (Å²) in [5.41, 5.74) is 4.10. The molecule has 0 aromatic heterocycles. The van der Waals surface area contributed by atoms with Crippen LogP contribution in [-0.2, 0) is 4.79 Å². The molecule has 0 fully saturated rings. The zero-order valence-corrected chi connectivity index (χ0v) is 17.7. The fourth-order valence-corrected chi connectivity index (χ4v) is 3.10. The molecule has 0 unspecified atom stereocenters. The zero-order valence-electron chi connectivity index (χ0n) is 17.7. The first kappa shape index (κ1) is 21.5. The molecule has 0 atom stereocenters. The van der Waals surface area contributed by atoms with Crippen LogP contribution in [0.3, 0.4) is 0 Å². The van der Waals surface area contributed by atoms with Crippen molar-refractivity contribution in [1.29, 1.82) is 0 Å². The highest BCUT2D eigenvalue weighted by Crippen LogP contribution is 2.32. The van der Waals surface area contributed by atoms with Gasteiger partial charge in [0.15, 0.2) is 11.5 Å². The summed E-state index contributed by atoms with van der Waals surface area (Å²) in [6, 6.07) is 11.8. The van der Waals surface area contributed by atoms with Crippen LogP contribution in [-0.4, -0.2) is 19.6 Å². The van der Waals surface area contributed by atoms with Crippen molar-refractivity contribution < 1.29 is 14.3 Å².